The van der Waals surface area contributed by atoms with E-state index < -0.39 is 29.2 Å². The third-order valence-corrected chi connectivity index (χ3v) is 4.71. The number of hydrogen-bond donors (Lipinski definition) is 2. The Morgan fingerprint density at radius 2 is 1.68 bits per heavy atom. The number of hydrogen-bond acceptors (Lipinski definition) is 2. The van der Waals surface area contributed by atoms with Gasteiger partial charge in [0.05, 0.1) is 0 Å². The van der Waals surface area contributed by atoms with Crippen LogP contribution in [-0.4, -0.2) is 27.6 Å². The van der Waals surface area contributed by atoms with Crippen molar-refractivity contribution in [1.29, 1.82) is 0 Å². The average Bonchev–Trinajstić information content (AvgIpc) is 2.18. The van der Waals surface area contributed by atoms with Crippen LogP contribution in [-0.2, 0) is 0 Å². The van der Waals surface area contributed by atoms with Crippen LogP contribution in [0.15, 0.2) is 0 Å². The van der Waals surface area contributed by atoms with Gasteiger partial charge in [0.15, 0.2) is 5.60 Å². The summed E-state index contributed by atoms with van der Waals surface area (Å²) in [7, 11) is 0. The Kier molecular flexibility index (Phi) is 4.34. The van der Waals surface area contributed by atoms with Gasteiger partial charge in [0.25, 0.3) is 0 Å². The number of alkyl halides is 3. The van der Waals surface area contributed by atoms with Crippen molar-refractivity contribution in [2.45, 2.75) is 77.2 Å². The van der Waals surface area contributed by atoms with Crippen molar-refractivity contribution >= 4 is 0 Å². The molecule has 1 rings (SSSR count). The lowest BCUT2D eigenvalue weighted by atomic mass is 9.56. The van der Waals surface area contributed by atoms with Crippen molar-refractivity contribution in [1.82, 2.24) is 0 Å². The van der Waals surface area contributed by atoms with Crippen LogP contribution in [0, 0.1) is 11.3 Å². The van der Waals surface area contributed by atoms with E-state index in [0.717, 1.165) is 19.8 Å². The summed E-state index contributed by atoms with van der Waals surface area (Å²) in [6.45, 7) is 6.83. The zero-order valence-electron chi connectivity index (χ0n) is 12.1. The van der Waals surface area contributed by atoms with E-state index in [4.69, 9.17) is 0 Å². The first kappa shape index (κ1) is 16.8. The number of aliphatic hydroxyl groups is 2. The molecule has 0 heterocycles. The second kappa shape index (κ2) is 4.92. The van der Waals surface area contributed by atoms with E-state index >= 15 is 0 Å². The minimum absolute atomic E-state index is 0.0512. The summed E-state index contributed by atoms with van der Waals surface area (Å²) in [5.74, 6) is -0.237. The molecule has 0 aliphatic heterocycles. The molecule has 0 bridgehead atoms. The highest BCUT2D eigenvalue weighted by Crippen LogP contribution is 2.56. The van der Waals surface area contributed by atoms with Crippen LogP contribution in [0.5, 0.6) is 0 Å². The second-order valence-electron chi connectivity index (χ2n) is 6.84. The summed E-state index contributed by atoms with van der Waals surface area (Å²) in [5.41, 5.74) is -5.55. The quantitative estimate of drug-likeness (QED) is 0.829. The van der Waals surface area contributed by atoms with Gasteiger partial charge in [-0.05, 0) is 37.5 Å². The largest absolute Gasteiger partial charge is 0.420 e. The molecule has 0 aromatic rings. The fourth-order valence-corrected chi connectivity index (χ4v) is 3.39. The first-order chi connectivity index (χ1) is 8.37. The van der Waals surface area contributed by atoms with Crippen molar-refractivity contribution in [3.63, 3.8) is 0 Å². The molecule has 3 atom stereocenters. The molecule has 1 fully saturated rings. The molecular formula is C14H25F3O2. The third-order valence-electron chi connectivity index (χ3n) is 4.71. The van der Waals surface area contributed by atoms with Gasteiger partial charge in [0, 0.05) is 0 Å². The van der Waals surface area contributed by atoms with Crippen LogP contribution in [0.25, 0.3) is 0 Å². The molecule has 1 aliphatic rings. The van der Waals surface area contributed by atoms with Crippen molar-refractivity contribution in [2.75, 3.05) is 0 Å². The van der Waals surface area contributed by atoms with Gasteiger partial charge in [-0.2, -0.15) is 13.2 Å². The molecule has 0 amide bonds. The van der Waals surface area contributed by atoms with Gasteiger partial charge in [-0.1, -0.05) is 33.6 Å². The molecule has 1 saturated carbocycles. The Labute approximate surface area is 113 Å². The van der Waals surface area contributed by atoms with E-state index in [2.05, 4.69) is 0 Å². The minimum Gasteiger partial charge on any atom is -0.387 e. The molecule has 3 unspecified atom stereocenters. The van der Waals surface area contributed by atoms with Crippen LogP contribution in [0.4, 0.5) is 13.2 Å². The number of rotatable bonds is 3. The Balaban J connectivity index is 3.08. The summed E-state index contributed by atoms with van der Waals surface area (Å²) >= 11 is 0. The molecule has 19 heavy (non-hydrogen) atoms. The van der Waals surface area contributed by atoms with Crippen LogP contribution < -0.4 is 0 Å². The Hall–Kier alpha value is -0.290. The normalized spacial score (nSPS) is 39.3. The maximum atomic E-state index is 13.2. The lowest BCUT2D eigenvalue weighted by Gasteiger charge is -2.54. The van der Waals surface area contributed by atoms with Crippen molar-refractivity contribution in [3.8, 4) is 0 Å². The molecule has 1 aliphatic carbocycles. The summed E-state index contributed by atoms with van der Waals surface area (Å²) in [6, 6.07) is 0. The fraction of sp³-hybridized carbons (Fsp3) is 1.00. The summed E-state index contributed by atoms with van der Waals surface area (Å²) in [4.78, 5) is 0. The molecule has 114 valence electrons. The van der Waals surface area contributed by atoms with E-state index in [9.17, 15) is 23.4 Å². The second-order valence-corrected chi connectivity index (χ2v) is 6.84. The van der Waals surface area contributed by atoms with Gasteiger partial charge in [-0.3, -0.25) is 0 Å². The van der Waals surface area contributed by atoms with Gasteiger partial charge in [-0.15, -0.1) is 0 Å². The highest BCUT2D eigenvalue weighted by atomic mass is 19.4. The van der Waals surface area contributed by atoms with E-state index in [-0.39, 0.29) is 12.3 Å². The molecule has 2 nitrogen and oxygen atoms in total. The van der Waals surface area contributed by atoms with Crippen LogP contribution in [0.3, 0.4) is 0 Å². The number of unbranched alkanes of at least 4 members (excludes halogenated alkanes) is 1. The predicted octanol–water partition coefficient (Wildman–Crippen LogP) is 3.66. The maximum absolute atomic E-state index is 13.2. The zero-order chi connectivity index (χ0) is 15.1. The standard InChI is InChI=1S/C14H25F3O2/c1-5-6-7-10-8-13(19,14(15,16)17)12(4,18)9-11(10,2)3/h10,18-19H,5-9H2,1-4H3. The lowest BCUT2D eigenvalue weighted by Crippen LogP contribution is -2.67. The molecule has 0 aromatic heterocycles. The van der Waals surface area contributed by atoms with Gasteiger partial charge in [-0.25, -0.2) is 0 Å². The Morgan fingerprint density at radius 1 is 1.16 bits per heavy atom. The molecule has 0 radical (unpaired) electrons. The SMILES string of the molecule is CCCCC1CC(O)(C(F)(F)F)C(C)(O)CC1(C)C. The van der Waals surface area contributed by atoms with E-state index in [1.807, 2.05) is 20.8 Å². The van der Waals surface area contributed by atoms with Crippen LogP contribution in [0.1, 0.15) is 59.8 Å². The molecule has 0 aromatic carbocycles. The molecule has 0 saturated heterocycles. The topological polar surface area (TPSA) is 40.5 Å². The Bertz CT molecular complexity index is 323. The maximum Gasteiger partial charge on any atom is 0.420 e. The summed E-state index contributed by atoms with van der Waals surface area (Å²) in [6.07, 6.45) is -2.88. The van der Waals surface area contributed by atoms with Gasteiger partial charge in [0.1, 0.15) is 5.60 Å². The van der Waals surface area contributed by atoms with Gasteiger partial charge < -0.3 is 10.2 Å². The van der Waals surface area contributed by atoms with Gasteiger partial charge in [0.2, 0.25) is 0 Å². The smallest absolute Gasteiger partial charge is 0.387 e. The molecule has 2 N–H and O–H groups in total. The number of halogens is 3. The van der Waals surface area contributed by atoms with E-state index in [0.29, 0.717) is 6.42 Å². The first-order valence-electron chi connectivity index (χ1n) is 6.89. The fourth-order valence-electron chi connectivity index (χ4n) is 3.39. The van der Waals surface area contributed by atoms with Crippen LogP contribution in [0.2, 0.25) is 0 Å². The monoisotopic (exact) mass is 282 g/mol. The highest BCUT2D eigenvalue weighted by Gasteiger charge is 2.68. The van der Waals surface area contributed by atoms with Crippen LogP contribution >= 0.6 is 0 Å². The summed E-state index contributed by atoms with van der Waals surface area (Å²) < 4.78 is 39.5. The van der Waals surface area contributed by atoms with E-state index in [1.54, 1.807) is 0 Å². The van der Waals surface area contributed by atoms with Crippen molar-refractivity contribution in [3.05, 3.63) is 0 Å². The van der Waals surface area contributed by atoms with Crippen molar-refractivity contribution in [2.24, 2.45) is 11.3 Å². The van der Waals surface area contributed by atoms with Gasteiger partial charge >= 0.3 is 6.18 Å². The predicted molar refractivity (Wildman–Crippen MR) is 67.7 cm³/mol. The van der Waals surface area contributed by atoms with E-state index in [1.165, 1.54) is 0 Å². The zero-order valence-corrected chi connectivity index (χ0v) is 12.1. The molecule has 5 heteroatoms. The first-order valence-corrected chi connectivity index (χ1v) is 6.89. The lowest BCUT2D eigenvalue weighted by molar-refractivity contribution is -0.340. The summed E-state index contributed by atoms with van der Waals surface area (Å²) in [5, 5.41) is 20.2. The Morgan fingerprint density at radius 3 is 2.11 bits per heavy atom. The molecular weight excluding hydrogens is 257 g/mol. The highest BCUT2D eigenvalue weighted by molar-refractivity contribution is 5.10. The average molecular weight is 282 g/mol. The minimum atomic E-state index is -4.81. The molecule has 0 spiro atoms. The third kappa shape index (κ3) is 2.92. The van der Waals surface area contributed by atoms with Crippen molar-refractivity contribution < 1.29 is 23.4 Å².